The van der Waals surface area contributed by atoms with Crippen LogP contribution in [-0.2, 0) is 4.79 Å². The third-order valence-electron chi connectivity index (χ3n) is 4.13. The quantitative estimate of drug-likeness (QED) is 0.340. The zero-order valence-corrected chi connectivity index (χ0v) is 11.8. The van der Waals surface area contributed by atoms with E-state index in [2.05, 4.69) is 19.0 Å². The number of amidine groups is 1. The molecule has 0 saturated heterocycles. The lowest BCUT2D eigenvalue weighted by Crippen LogP contribution is -2.59. The Morgan fingerprint density at radius 2 is 2.11 bits per heavy atom. The minimum atomic E-state index is -0.770. The largest absolute Gasteiger partial charge is 0.409 e. The van der Waals surface area contributed by atoms with Crippen molar-refractivity contribution in [1.29, 1.82) is 0 Å². The Kier molecular flexibility index (Phi) is 4.59. The van der Waals surface area contributed by atoms with Gasteiger partial charge >= 0.3 is 0 Å². The molecule has 3 N–H and O–H groups in total. The Labute approximate surface area is 109 Å². The van der Waals surface area contributed by atoms with Crippen LogP contribution in [0.4, 0.5) is 0 Å². The topological polar surface area (TPSA) is 78.9 Å². The molecule has 0 bridgehead atoms. The van der Waals surface area contributed by atoms with Gasteiger partial charge in [0.25, 0.3) is 0 Å². The first-order chi connectivity index (χ1) is 8.42. The van der Waals surface area contributed by atoms with Gasteiger partial charge in [-0.3, -0.25) is 4.79 Å². The number of hydrogen-bond acceptors (Lipinski definition) is 3. The van der Waals surface area contributed by atoms with E-state index in [-0.39, 0.29) is 17.8 Å². The summed E-state index contributed by atoms with van der Waals surface area (Å²) >= 11 is 0. The molecule has 0 aliphatic heterocycles. The van der Waals surface area contributed by atoms with Crippen LogP contribution in [0.1, 0.15) is 47.0 Å². The van der Waals surface area contributed by atoms with Crippen LogP contribution in [0.5, 0.6) is 0 Å². The molecule has 0 radical (unpaired) electrons. The highest BCUT2D eigenvalue weighted by Gasteiger charge is 2.53. The van der Waals surface area contributed by atoms with E-state index >= 15 is 0 Å². The lowest BCUT2D eigenvalue weighted by atomic mass is 9.61. The van der Waals surface area contributed by atoms with Crippen molar-refractivity contribution in [2.75, 3.05) is 6.54 Å². The van der Waals surface area contributed by atoms with E-state index in [4.69, 9.17) is 10.9 Å². The maximum absolute atomic E-state index is 12.7. The van der Waals surface area contributed by atoms with Gasteiger partial charge in [-0.1, -0.05) is 19.0 Å². The summed E-state index contributed by atoms with van der Waals surface area (Å²) in [5, 5.41) is 12.0. The van der Waals surface area contributed by atoms with Crippen LogP contribution in [-0.4, -0.2) is 34.4 Å². The van der Waals surface area contributed by atoms with Crippen molar-refractivity contribution in [3.05, 3.63) is 0 Å². The number of rotatable bonds is 5. The molecular formula is C13H25N3O2. The summed E-state index contributed by atoms with van der Waals surface area (Å²) in [5.41, 5.74) is 4.99. The van der Waals surface area contributed by atoms with Crippen molar-refractivity contribution < 1.29 is 10.0 Å². The minimum Gasteiger partial charge on any atom is -0.409 e. The van der Waals surface area contributed by atoms with E-state index in [0.717, 1.165) is 6.42 Å². The van der Waals surface area contributed by atoms with Crippen LogP contribution in [0.3, 0.4) is 0 Å². The number of hydrogen-bond donors (Lipinski definition) is 2. The van der Waals surface area contributed by atoms with Gasteiger partial charge in [0, 0.05) is 12.6 Å². The highest BCUT2D eigenvalue weighted by atomic mass is 16.4. The van der Waals surface area contributed by atoms with Crippen LogP contribution < -0.4 is 5.73 Å². The van der Waals surface area contributed by atoms with Gasteiger partial charge in [-0.15, -0.1) is 0 Å². The molecule has 0 heterocycles. The van der Waals surface area contributed by atoms with E-state index in [9.17, 15) is 4.79 Å². The molecule has 1 aliphatic rings. The fourth-order valence-corrected chi connectivity index (χ4v) is 2.87. The second-order valence-corrected chi connectivity index (χ2v) is 5.43. The van der Waals surface area contributed by atoms with Gasteiger partial charge in [0.1, 0.15) is 5.41 Å². The molecular weight excluding hydrogens is 230 g/mol. The van der Waals surface area contributed by atoms with Crippen LogP contribution >= 0.6 is 0 Å². The zero-order valence-electron chi connectivity index (χ0n) is 11.8. The van der Waals surface area contributed by atoms with Crippen molar-refractivity contribution in [2.24, 2.45) is 22.2 Å². The summed E-state index contributed by atoms with van der Waals surface area (Å²) in [6.45, 7) is 8.79. The van der Waals surface area contributed by atoms with Gasteiger partial charge in [0.05, 0.1) is 0 Å². The number of carbonyl (C=O) groups excluding carboxylic acids is 1. The summed E-state index contributed by atoms with van der Waals surface area (Å²) in [4.78, 5) is 14.5. The van der Waals surface area contributed by atoms with Gasteiger partial charge in [0.2, 0.25) is 5.91 Å². The normalized spacial score (nSPS) is 29.6. The molecule has 5 nitrogen and oxygen atoms in total. The number of nitrogens with two attached hydrogens (primary N) is 1. The fourth-order valence-electron chi connectivity index (χ4n) is 2.87. The highest BCUT2D eigenvalue weighted by Crippen LogP contribution is 2.47. The first-order valence-corrected chi connectivity index (χ1v) is 6.72. The number of oxime groups is 1. The third kappa shape index (κ3) is 2.31. The van der Waals surface area contributed by atoms with Crippen molar-refractivity contribution in [1.82, 2.24) is 4.90 Å². The molecule has 1 aliphatic carbocycles. The Morgan fingerprint density at radius 3 is 2.44 bits per heavy atom. The van der Waals surface area contributed by atoms with Gasteiger partial charge in [-0.2, -0.15) is 0 Å². The molecule has 1 amide bonds. The monoisotopic (exact) mass is 255 g/mol. The van der Waals surface area contributed by atoms with Crippen molar-refractivity contribution >= 4 is 11.7 Å². The molecule has 104 valence electrons. The fraction of sp³-hybridized carbons (Fsp3) is 0.846. The van der Waals surface area contributed by atoms with Crippen LogP contribution in [0.2, 0.25) is 0 Å². The predicted molar refractivity (Wildman–Crippen MR) is 71.4 cm³/mol. The Bertz CT molecular complexity index is 335. The summed E-state index contributed by atoms with van der Waals surface area (Å²) in [6.07, 6.45) is 2.25. The Balaban J connectivity index is 2.97. The smallest absolute Gasteiger partial charge is 0.236 e. The highest BCUT2D eigenvalue weighted by molar-refractivity contribution is 6.07. The first kappa shape index (κ1) is 14.8. The zero-order chi connectivity index (χ0) is 13.9. The maximum Gasteiger partial charge on any atom is 0.236 e. The molecule has 1 rings (SSSR count). The van der Waals surface area contributed by atoms with Crippen molar-refractivity contribution in [3.8, 4) is 0 Å². The average Bonchev–Trinajstić information content (AvgIpc) is 2.33. The Morgan fingerprint density at radius 1 is 1.56 bits per heavy atom. The first-order valence-electron chi connectivity index (χ1n) is 6.72. The van der Waals surface area contributed by atoms with E-state index in [1.807, 2.05) is 18.7 Å². The van der Waals surface area contributed by atoms with E-state index in [1.54, 1.807) is 0 Å². The van der Waals surface area contributed by atoms with Crippen molar-refractivity contribution in [2.45, 2.75) is 53.0 Å². The van der Waals surface area contributed by atoms with E-state index in [0.29, 0.717) is 25.3 Å². The molecule has 1 unspecified atom stereocenters. The molecule has 0 aromatic heterocycles. The Hall–Kier alpha value is -1.26. The second-order valence-electron chi connectivity index (χ2n) is 5.43. The van der Waals surface area contributed by atoms with E-state index in [1.165, 1.54) is 0 Å². The predicted octanol–water partition coefficient (Wildman–Crippen LogP) is 1.80. The molecule has 5 heteroatoms. The summed E-state index contributed by atoms with van der Waals surface area (Å²) < 4.78 is 0. The standard InChI is InChI=1S/C13H25N3O2/c1-5-10(4)16(6-2)12(17)13(11(14)15-18)7-9(3)8-13/h9-10,18H,5-8H2,1-4H3,(H2,14,15). The van der Waals surface area contributed by atoms with Crippen LogP contribution in [0.25, 0.3) is 0 Å². The van der Waals surface area contributed by atoms with E-state index < -0.39 is 5.41 Å². The number of carbonyl (C=O) groups is 1. The molecule has 18 heavy (non-hydrogen) atoms. The minimum absolute atomic E-state index is 0.00718. The molecule has 1 fully saturated rings. The van der Waals surface area contributed by atoms with Crippen molar-refractivity contribution in [3.63, 3.8) is 0 Å². The summed E-state index contributed by atoms with van der Waals surface area (Å²) in [5.74, 6) is 0.519. The van der Waals surface area contributed by atoms with Gasteiger partial charge in [0.15, 0.2) is 5.84 Å². The third-order valence-corrected chi connectivity index (χ3v) is 4.13. The van der Waals surface area contributed by atoms with Crippen LogP contribution in [0.15, 0.2) is 5.16 Å². The lowest BCUT2D eigenvalue weighted by molar-refractivity contribution is -0.146. The van der Waals surface area contributed by atoms with Gasteiger partial charge in [-0.25, -0.2) is 0 Å². The van der Waals surface area contributed by atoms with Crippen LogP contribution in [0, 0.1) is 11.3 Å². The summed E-state index contributed by atoms with van der Waals surface area (Å²) in [6, 6.07) is 0.182. The molecule has 0 aromatic carbocycles. The molecule has 1 atom stereocenters. The van der Waals surface area contributed by atoms with Gasteiger partial charge in [-0.05, 0) is 39.0 Å². The average molecular weight is 255 g/mol. The maximum atomic E-state index is 12.7. The number of nitrogens with zero attached hydrogens (tertiary/aromatic N) is 2. The number of amides is 1. The lowest BCUT2D eigenvalue weighted by Gasteiger charge is -2.47. The SMILES string of the molecule is CCC(C)N(CC)C(=O)C1(C(N)=NO)CC(C)C1. The molecule has 1 saturated carbocycles. The summed E-state index contributed by atoms with van der Waals surface area (Å²) in [7, 11) is 0. The molecule has 0 aromatic rings. The molecule has 0 spiro atoms. The second kappa shape index (κ2) is 5.59. The van der Waals surface area contributed by atoms with Gasteiger partial charge < -0.3 is 15.8 Å².